The number of allylic oxidation sites excluding steroid dienone is 11. The van der Waals surface area contributed by atoms with Gasteiger partial charge in [0.05, 0.1) is 0 Å². The molecule has 0 saturated carbocycles. The van der Waals surface area contributed by atoms with E-state index in [1.54, 1.807) is 0 Å². The number of aromatic hydroxyl groups is 1. The SMILES string of the molecule is CN(C)c1ccc(C(=C\[CH2][Pb])/C=C/C2=C(c3cc(C(C)(C)C)cc(C(C)(C)C)c3)C(=C/C=C3\C=[C]([Pb])Oc4cc(N(C)C)ccc43)/CCC2)c(O)c1. The van der Waals surface area contributed by atoms with Gasteiger partial charge in [0.2, 0.25) is 0 Å². The summed E-state index contributed by atoms with van der Waals surface area (Å²) in [6, 6.07) is 19.8. The number of fused-ring (bicyclic) bond motifs is 1. The molecule has 0 aromatic heterocycles. The molecule has 0 fully saturated rings. The normalized spacial score (nSPS) is 17.1. The van der Waals surface area contributed by atoms with Crippen molar-refractivity contribution in [2.75, 3.05) is 38.0 Å². The van der Waals surface area contributed by atoms with Crippen LogP contribution in [-0.4, -0.2) is 84.8 Å². The number of phenols is 1. The third-order valence-corrected chi connectivity index (χ3v) is 11.6. The van der Waals surface area contributed by atoms with Gasteiger partial charge in [0, 0.05) is 0 Å². The van der Waals surface area contributed by atoms with E-state index in [2.05, 4.69) is 146 Å². The summed E-state index contributed by atoms with van der Waals surface area (Å²) in [5.74, 6) is 1.25. The zero-order chi connectivity index (χ0) is 38.0. The van der Waals surface area contributed by atoms with Crippen LogP contribution in [0.15, 0.2) is 106 Å². The number of benzene rings is 3. The van der Waals surface area contributed by atoms with Crippen molar-refractivity contribution in [3.05, 3.63) is 133 Å². The van der Waals surface area contributed by atoms with Crippen molar-refractivity contribution in [1.82, 2.24) is 0 Å². The Balaban J connectivity index is 1.71. The number of anilines is 2. The molecule has 0 spiro atoms. The first-order valence-electron chi connectivity index (χ1n) is 18.2. The Labute approximate surface area is 345 Å². The molecule has 0 amide bonds. The van der Waals surface area contributed by atoms with Crippen LogP contribution in [-0.2, 0) is 10.8 Å². The Morgan fingerprint density at radius 1 is 0.827 bits per heavy atom. The topological polar surface area (TPSA) is 35.9 Å². The van der Waals surface area contributed by atoms with Gasteiger partial charge in [0.15, 0.2) is 0 Å². The van der Waals surface area contributed by atoms with Crippen LogP contribution < -0.4 is 14.5 Å². The van der Waals surface area contributed by atoms with Crippen molar-refractivity contribution >= 4 is 79.6 Å². The fraction of sp³-hybridized carbons (Fsp3) is 0.348. The minimum atomic E-state index is 0.00763. The van der Waals surface area contributed by atoms with Crippen LogP contribution in [0.5, 0.6) is 11.5 Å². The van der Waals surface area contributed by atoms with Crippen molar-refractivity contribution in [3.8, 4) is 11.5 Å². The molecular weight excluding hydrogens is 1030 g/mol. The quantitative estimate of drug-likeness (QED) is 0.180. The molecule has 6 heteroatoms. The van der Waals surface area contributed by atoms with Gasteiger partial charge >= 0.3 is 348 Å². The maximum absolute atomic E-state index is 11.2. The first kappa shape index (κ1) is 40.3. The summed E-state index contributed by atoms with van der Waals surface area (Å²) in [5, 5.41) is 11.2. The van der Waals surface area contributed by atoms with Crippen LogP contribution in [0.4, 0.5) is 11.4 Å². The molecule has 6 radical (unpaired) electrons. The summed E-state index contributed by atoms with van der Waals surface area (Å²) in [6.45, 7) is 13.9. The average Bonchev–Trinajstić information content (AvgIpc) is 3.07. The molecule has 52 heavy (non-hydrogen) atoms. The first-order valence-corrected chi connectivity index (χ1v) is 22.9. The number of hydrogen-bond acceptors (Lipinski definition) is 4. The van der Waals surface area contributed by atoms with Crippen molar-refractivity contribution in [2.24, 2.45) is 0 Å². The van der Waals surface area contributed by atoms with Crippen LogP contribution in [0.1, 0.15) is 88.6 Å². The molecule has 3 aromatic rings. The third-order valence-electron chi connectivity index (χ3n) is 9.85. The van der Waals surface area contributed by atoms with E-state index in [-0.39, 0.29) is 10.8 Å². The van der Waals surface area contributed by atoms with Crippen LogP contribution in [0.25, 0.3) is 16.7 Å². The van der Waals surface area contributed by atoms with Gasteiger partial charge in [-0.15, -0.1) is 0 Å². The second-order valence-electron chi connectivity index (χ2n) is 16.3. The summed E-state index contributed by atoms with van der Waals surface area (Å²) in [4.78, 5) is 4.14. The average molecular weight is 1080 g/mol. The molecule has 5 rings (SSSR count). The maximum atomic E-state index is 11.2. The van der Waals surface area contributed by atoms with Crippen molar-refractivity contribution < 1.29 is 9.84 Å². The molecular formula is C46H54N2O2Pb2. The Bertz CT molecular complexity index is 1980. The summed E-state index contributed by atoms with van der Waals surface area (Å²) in [5.41, 5.74) is 14.4. The van der Waals surface area contributed by atoms with Gasteiger partial charge in [-0.1, -0.05) is 0 Å². The zero-order valence-electron chi connectivity index (χ0n) is 32.7. The third kappa shape index (κ3) is 9.62. The standard InChI is InChI=1S/C46H54N2O2.2Pb/c1-12-31(40-22-20-38(47(8)9)29-42(40)49)16-18-33-14-13-15-34(19-17-32-24-25-50-43-30-39(48(10)11)21-23-41(32)43)44(33)35-26-36(45(2,3)4)28-37(27-35)46(5,6)7;;/h12,16-24,26-30,49H,1,13-15H2,2-11H3;;/b18-16+,31-12-,32-17+,34-19+;;. The number of phenolic OH excluding ortho intramolecular Hbond substituents is 1. The van der Waals surface area contributed by atoms with Crippen molar-refractivity contribution in [1.29, 1.82) is 0 Å². The van der Waals surface area contributed by atoms with Crippen LogP contribution >= 0.6 is 0 Å². The Morgan fingerprint density at radius 2 is 1.46 bits per heavy atom. The minimum absolute atomic E-state index is 0.00763. The number of nitrogens with zero attached hydrogens (tertiary/aromatic N) is 2. The molecule has 4 nitrogen and oxygen atoms in total. The van der Waals surface area contributed by atoms with E-state index in [9.17, 15) is 5.11 Å². The van der Waals surface area contributed by atoms with E-state index in [1.807, 2.05) is 25.1 Å². The molecule has 0 bridgehead atoms. The van der Waals surface area contributed by atoms with E-state index in [1.165, 1.54) is 39.0 Å². The predicted octanol–water partition coefficient (Wildman–Crippen LogP) is 10.7. The Kier molecular flexibility index (Phi) is 12.9. The van der Waals surface area contributed by atoms with Crippen LogP contribution in [0.3, 0.4) is 0 Å². The van der Waals surface area contributed by atoms with E-state index >= 15 is 0 Å². The summed E-state index contributed by atoms with van der Waals surface area (Å²) >= 11 is 1.89. The Hall–Kier alpha value is -2.86. The molecule has 268 valence electrons. The zero-order valence-corrected chi connectivity index (χ0v) is 40.5. The van der Waals surface area contributed by atoms with Gasteiger partial charge in [-0.3, -0.25) is 0 Å². The van der Waals surface area contributed by atoms with Gasteiger partial charge in [0.25, 0.3) is 0 Å². The molecule has 0 unspecified atom stereocenters. The molecule has 3 aromatic carbocycles. The van der Waals surface area contributed by atoms with Gasteiger partial charge in [-0.2, -0.15) is 0 Å². The first-order chi connectivity index (χ1) is 24.5. The van der Waals surface area contributed by atoms with Gasteiger partial charge in [-0.25, -0.2) is 0 Å². The number of hydrogen-bond donors (Lipinski definition) is 1. The van der Waals surface area contributed by atoms with Crippen LogP contribution in [0, 0.1) is 0 Å². The molecule has 1 N–H and O–H groups in total. The monoisotopic (exact) mass is 1080 g/mol. The molecule has 0 atom stereocenters. The van der Waals surface area contributed by atoms with Crippen LogP contribution in [0.2, 0.25) is 3.98 Å². The van der Waals surface area contributed by atoms with E-state index < -0.39 is 0 Å². The van der Waals surface area contributed by atoms with Gasteiger partial charge < -0.3 is 0 Å². The van der Waals surface area contributed by atoms with Crippen molar-refractivity contribution in [3.63, 3.8) is 0 Å². The fourth-order valence-electron chi connectivity index (χ4n) is 6.69. The summed E-state index contributed by atoms with van der Waals surface area (Å²) in [6.07, 6.45) is 16.8. The Morgan fingerprint density at radius 3 is 2.06 bits per heavy atom. The second kappa shape index (κ2) is 16.7. The molecule has 1 heterocycles. The van der Waals surface area contributed by atoms with Gasteiger partial charge in [0.1, 0.15) is 0 Å². The van der Waals surface area contributed by atoms with E-state index in [0.717, 1.165) is 112 Å². The molecule has 2 aliphatic rings. The number of rotatable bonds is 8. The number of ether oxygens (including phenoxy) is 1. The molecule has 0 saturated heterocycles. The van der Waals surface area contributed by atoms with Gasteiger partial charge in [-0.05, 0) is 0 Å². The van der Waals surface area contributed by atoms with E-state index in [4.69, 9.17) is 4.74 Å². The predicted molar refractivity (Wildman–Crippen MR) is 226 cm³/mol. The van der Waals surface area contributed by atoms with E-state index in [0.29, 0.717) is 5.75 Å². The molecule has 1 aliphatic heterocycles. The summed E-state index contributed by atoms with van der Waals surface area (Å²) in [7, 11) is 8.14. The fourth-order valence-corrected chi connectivity index (χ4v) is 8.57. The summed E-state index contributed by atoms with van der Waals surface area (Å²) < 4.78 is 8.32. The second-order valence-corrected chi connectivity index (χ2v) is 19.8. The van der Waals surface area contributed by atoms with Crippen molar-refractivity contribution in [2.45, 2.75) is 75.6 Å². The molecule has 1 aliphatic carbocycles.